The van der Waals surface area contributed by atoms with Crippen molar-refractivity contribution in [2.45, 2.75) is 37.8 Å². The van der Waals surface area contributed by atoms with E-state index in [1.54, 1.807) is 12.1 Å². The first kappa shape index (κ1) is 21.7. The Hall–Kier alpha value is -1.60. The van der Waals surface area contributed by atoms with E-state index in [2.05, 4.69) is 5.32 Å². The van der Waals surface area contributed by atoms with Crippen LogP contribution in [0.5, 0.6) is 0 Å². The van der Waals surface area contributed by atoms with Crippen LogP contribution in [0.4, 0.5) is 0 Å². The van der Waals surface area contributed by atoms with E-state index in [9.17, 15) is 13.2 Å². The first-order chi connectivity index (χ1) is 12.7. The van der Waals surface area contributed by atoms with Gasteiger partial charge in [0.2, 0.25) is 15.9 Å². The zero-order valence-corrected chi connectivity index (χ0v) is 17.5. The molecule has 1 atom stereocenters. The van der Waals surface area contributed by atoms with Crippen LogP contribution in [0.1, 0.15) is 25.8 Å². The summed E-state index contributed by atoms with van der Waals surface area (Å²) < 4.78 is 27.5. The Kier molecular flexibility index (Phi) is 7.68. The number of halogens is 2. The van der Waals surface area contributed by atoms with Crippen molar-refractivity contribution in [2.75, 3.05) is 6.54 Å². The maximum Gasteiger partial charge on any atom is 0.245 e. The number of nitrogens with one attached hydrogen (secondary N) is 1. The number of nitrogens with zero attached hydrogens (tertiary/aromatic N) is 1. The van der Waals surface area contributed by atoms with Gasteiger partial charge in [-0.1, -0.05) is 60.5 Å². The normalized spacial score (nSPS) is 12.8. The fourth-order valence-corrected chi connectivity index (χ4v) is 4.53. The Bertz CT molecular complexity index is 889. The van der Waals surface area contributed by atoms with Crippen molar-refractivity contribution in [3.05, 3.63) is 64.1 Å². The molecule has 1 amide bonds. The number of hydrogen-bond donors (Lipinski definition) is 1. The quantitative estimate of drug-likeness (QED) is 0.687. The molecule has 8 heteroatoms. The van der Waals surface area contributed by atoms with Crippen LogP contribution in [0, 0.1) is 0 Å². The molecule has 0 aliphatic rings. The Labute approximate surface area is 170 Å². The average Bonchev–Trinajstić information content (AvgIpc) is 2.63. The molecule has 2 aromatic carbocycles. The van der Waals surface area contributed by atoms with Crippen molar-refractivity contribution in [2.24, 2.45) is 0 Å². The second-order valence-electron chi connectivity index (χ2n) is 6.21. The van der Waals surface area contributed by atoms with E-state index in [1.165, 1.54) is 18.2 Å². The van der Waals surface area contributed by atoms with Gasteiger partial charge in [0.1, 0.15) is 4.90 Å². The van der Waals surface area contributed by atoms with Gasteiger partial charge in [-0.2, -0.15) is 4.31 Å². The molecule has 0 saturated carbocycles. The number of benzene rings is 2. The maximum atomic E-state index is 13.2. The van der Waals surface area contributed by atoms with E-state index in [1.807, 2.05) is 32.0 Å². The fraction of sp³-hybridized carbons (Fsp3) is 0.316. The van der Waals surface area contributed by atoms with Crippen LogP contribution in [0.3, 0.4) is 0 Å². The molecule has 0 spiro atoms. The Morgan fingerprint density at radius 2 is 1.81 bits per heavy atom. The molecule has 0 unspecified atom stereocenters. The molecule has 0 aromatic heterocycles. The van der Waals surface area contributed by atoms with Crippen molar-refractivity contribution in [3.63, 3.8) is 0 Å². The fourth-order valence-electron chi connectivity index (χ4n) is 2.41. The molecule has 2 aromatic rings. The highest BCUT2D eigenvalue weighted by Gasteiger charge is 2.29. The molecule has 0 heterocycles. The zero-order chi connectivity index (χ0) is 20.0. The minimum absolute atomic E-state index is 0.0416. The smallest absolute Gasteiger partial charge is 0.245 e. The van der Waals surface area contributed by atoms with Crippen molar-refractivity contribution >= 4 is 39.1 Å². The summed E-state index contributed by atoms with van der Waals surface area (Å²) in [5.41, 5.74) is 0.760. The number of carbonyl (C=O) groups is 1. The van der Waals surface area contributed by atoms with Crippen LogP contribution in [0.2, 0.25) is 10.0 Å². The van der Waals surface area contributed by atoms with Crippen LogP contribution in [-0.2, 0) is 21.4 Å². The third-order valence-electron chi connectivity index (χ3n) is 4.05. The predicted molar refractivity (Wildman–Crippen MR) is 108 cm³/mol. The van der Waals surface area contributed by atoms with E-state index < -0.39 is 10.0 Å². The summed E-state index contributed by atoms with van der Waals surface area (Å²) in [4.78, 5) is 12.2. The monoisotopic (exact) mass is 428 g/mol. The van der Waals surface area contributed by atoms with Gasteiger partial charge in [0.05, 0.1) is 11.6 Å². The van der Waals surface area contributed by atoms with Crippen molar-refractivity contribution < 1.29 is 13.2 Å². The molecule has 27 heavy (non-hydrogen) atoms. The van der Waals surface area contributed by atoms with Crippen LogP contribution >= 0.6 is 23.2 Å². The van der Waals surface area contributed by atoms with Gasteiger partial charge in [-0.3, -0.25) is 4.79 Å². The summed E-state index contributed by atoms with van der Waals surface area (Å²) in [6, 6.07) is 13.3. The summed E-state index contributed by atoms with van der Waals surface area (Å²) in [5.74, 6) is -0.373. The summed E-state index contributed by atoms with van der Waals surface area (Å²) in [5, 5.41) is 3.10. The van der Waals surface area contributed by atoms with Gasteiger partial charge in [0, 0.05) is 17.6 Å². The lowest BCUT2D eigenvalue weighted by molar-refractivity contribution is -0.122. The summed E-state index contributed by atoms with van der Waals surface area (Å²) >= 11 is 12.1. The topological polar surface area (TPSA) is 66.5 Å². The highest BCUT2D eigenvalue weighted by molar-refractivity contribution is 7.89. The molecule has 0 aliphatic heterocycles. The summed E-state index contributed by atoms with van der Waals surface area (Å²) in [6.07, 6.45) is 0.747. The molecule has 5 nitrogen and oxygen atoms in total. The predicted octanol–water partition coefficient (Wildman–Crippen LogP) is 4.10. The zero-order valence-electron chi connectivity index (χ0n) is 15.2. The molecular weight excluding hydrogens is 407 g/mol. The van der Waals surface area contributed by atoms with Crippen LogP contribution < -0.4 is 5.32 Å². The van der Waals surface area contributed by atoms with Gasteiger partial charge in [-0.15, -0.1) is 0 Å². The van der Waals surface area contributed by atoms with E-state index in [4.69, 9.17) is 23.2 Å². The lowest BCUT2D eigenvalue weighted by Gasteiger charge is -2.23. The van der Waals surface area contributed by atoms with Crippen LogP contribution in [0.25, 0.3) is 0 Å². The number of amides is 1. The molecule has 0 radical (unpaired) electrons. The number of rotatable bonds is 8. The van der Waals surface area contributed by atoms with E-state index >= 15 is 0 Å². The minimum atomic E-state index is -4.03. The van der Waals surface area contributed by atoms with Gasteiger partial charge in [0.15, 0.2) is 0 Å². The molecule has 0 fully saturated rings. The summed E-state index contributed by atoms with van der Waals surface area (Å²) in [6.45, 7) is 3.53. The average molecular weight is 429 g/mol. The van der Waals surface area contributed by atoms with E-state index in [-0.39, 0.29) is 40.0 Å². The lowest BCUT2D eigenvalue weighted by atomic mass is 10.2. The lowest BCUT2D eigenvalue weighted by Crippen LogP contribution is -2.43. The minimum Gasteiger partial charge on any atom is -0.353 e. The Morgan fingerprint density at radius 3 is 2.44 bits per heavy atom. The van der Waals surface area contributed by atoms with Crippen molar-refractivity contribution in [1.82, 2.24) is 9.62 Å². The van der Waals surface area contributed by atoms with Crippen molar-refractivity contribution in [3.8, 4) is 0 Å². The molecule has 0 saturated heterocycles. The highest BCUT2D eigenvalue weighted by Crippen LogP contribution is 2.28. The molecular formula is C19H22Cl2N2O3S. The number of carbonyl (C=O) groups excluding carboxylic acids is 1. The van der Waals surface area contributed by atoms with E-state index in [0.717, 1.165) is 16.3 Å². The summed E-state index contributed by atoms with van der Waals surface area (Å²) in [7, 11) is -4.03. The number of hydrogen-bond acceptors (Lipinski definition) is 3. The van der Waals surface area contributed by atoms with Crippen LogP contribution in [-0.4, -0.2) is 31.2 Å². The second kappa shape index (κ2) is 9.55. The van der Waals surface area contributed by atoms with Gasteiger partial charge >= 0.3 is 0 Å². The molecule has 146 valence electrons. The number of sulfonamides is 1. The largest absolute Gasteiger partial charge is 0.353 e. The SMILES string of the molecule is CC[C@H](C)NC(=O)CN(Cc1ccccc1)S(=O)(=O)c1cc(Cl)ccc1Cl. The van der Waals surface area contributed by atoms with E-state index in [0.29, 0.717) is 0 Å². The molecule has 0 aliphatic carbocycles. The third-order valence-corrected chi connectivity index (χ3v) is 6.56. The van der Waals surface area contributed by atoms with Gasteiger partial charge < -0.3 is 5.32 Å². The van der Waals surface area contributed by atoms with Gasteiger partial charge in [-0.25, -0.2) is 8.42 Å². The highest BCUT2D eigenvalue weighted by atomic mass is 35.5. The van der Waals surface area contributed by atoms with Crippen LogP contribution in [0.15, 0.2) is 53.4 Å². The standard InChI is InChI=1S/C19H22Cl2N2O3S/c1-3-14(2)22-19(24)13-23(12-15-7-5-4-6-8-15)27(25,26)18-11-16(20)9-10-17(18)21/h4-11,14H,3,12-13H2,1-2H3,(H,22,24)/t14-/m0/s1. The Morgan fingerprint density at radius 1 is 1.15 bits per heavy atom. The second-order valence-corrected chi connectivity index (χ2v) is 8.96. The first-order valence-corrected chi connectivity index (χ1v) is 10.7. The first-order valence-electron chi connectivity index (χ1n) is 8.52. The van der Waals surface area contributed by atoms with Gasteiger partial charge in [-0.05, 0) is 37.1 Å². The molecule has 0 bridgehead atoms. The van der Waals surface area contributed by atoms with Gasteiger partial charge in [0.25, 0.3) is 0 Å². The molecule has 2 rings (SSSR count). The maximum absolute atomic E-state index is 13.2. The third kappa shape index (κ3) is 5.94. The van der Waals surface area contributed by atoms with Crippen molar-refractivity contribution in [1.29, 1.82) is 0 Å². The Balaban J connectivity index is 2.38. The molecule has 1 N–H and O–H groups in total.